The molecule has 1 fully saturated rings. The lowest BCUT2D eigenvalue weighted by atomic mass is 9.95. The predicted octanol–water partition coefficient (Wildman–Crippen LogP) is 3.76. The van der Waals surface area contributed by atoms with Gasteiger partial charge in [-0.25, -0.2) is 13.8 Å². The van der Waals surface area contributed by atoms with Gasteiger partial charge in [-0.3, -0.25) is 4.79 Å². The van der Waals surface area contributed by atoms with Crippen LogP contribution in [0.25, 0.3) is 10.9 Å². The van der Waals surface area contributed by atoms with Crippen molar-refractivity contribution in [1.82, 2.24) is 14.5 Å². The van der Waals surface area contributed by atoms with E-state index in [1.165, 1.54) is 10.8 Å². The zero-order valence-corrected chi connectivity index (χ0v) is 20.6. The number of pyridine rings is 1. The van der Waals surface area contributed by atoms with Crippen molar-refractivity contribution in [3.8, 4) is 5.75 Å². The van der Waals surface area contributed by atoms with Crippen LogP contribution in [0.1, 0.15) is 19.8 Å². The molecule has 5 rings (SSSR count). The van der Waals surface area contributed by atoms with Crippen LogP contribution < -0.4 is 25.8 Å². The minimum Gasteiger partial charge on any atom is -0.480 e. The molecule has 192 valence electrons. The largest absolute Gasteiger partial charge is 0.480 e. The van der Waals surface area contributed by atoms with Gasteiger partial charge in [-0.1, -0.05) is 18.5 Å². The summed E-state index contributed by atoms with van der Waals surface area (Å²) >= 11 is 6.40. The molecule has 0 spiro atoms. The second-order valence-electron chi connectivity index (χ2n) is 9.46. The lowest BCUT2D eigenvalue weighted by Gasteiger charge is -2.37. The lowest BCUT2D eigenvalue weighted by molar-refractivity contribution is -0.0251. The number of rotatable bonds is 4. The van der Waals surface area contributed by atoms with E-state index >= 15 is 0 Å². The molecule has 9 nitrogen and oxygen atoms in total. The van der Waals surface area contributed by atoms with Crippen LogP contribution in [-0.2, 0) is 7.05 Å². The summed E-state index contributed by atoms with van der Waals surface area (Å²) in [4.78, 5) is 23.8. The summed E-state index contributed by atoms with van der Waals surface area (Å²) in [5.41, 5.74) is 0.851. The zero-order chi connectivity index (χ0) is 25.6. The van der Waals surface area contributed by atoms with Gasteiger partial charge >= 0.3 is 0 Å². The van der Waals surface area contributed by atoms with Gasteiger partial charge in [-0.05, 0) is 37.0 Å². The molecule has 0 aliphatic carbocycles. The van der Waals surface area contributed by atoms with Crippen LogP contribution in [0.4, 0.5) is 31.9 Å². The molecule has 3 N–H and O–H groups in total. The Morgan fingerprint density at radius 2 is 2.17 bits per heavy atom. The summed E-state index contributed by atoms with van der Waals surface area (Å²) in [7, 11) is 1.56. The van der Waals surface area contributed by atoms with Crippen molar-refractivity contribution in [2.45, 2.75) is 31.7 Å². The molecule has 2 atom stereocenters. The Balaban J connectivity index is 1.52. The molecular formula is C24H27ClF2N6O3. The van der Waals surface area contributed by atoms with E-state index in [1.54, 1.807) is 25.2 Å². The van der Waals surface area contributed by atoms with E-state index in [0.29, 0.717) is 39.3 Å². The Bertz CT molecular complexity index is 1370. The fourth-order valence-electron chi connectivity index (χ4n) is 4.72. The van der Waals surface area contributed by atoms with Crippen molar-refractivity contribution < 1.29 is 18.6 Å². The number of aliphatic hydroxyl groups excluding tert-OH is 1. The predicted molar refractivity (Wildman–Crippen MR) is 135 cm³/mol. The highest BCUT2D eigenvalue weighted by Gasteiger charge is 2.35. The first kappa shape index (κ1) is 24.5. The van der Waals surface area contributed by atoms with Crippen LogP contribution in [0, 0.1) is 5.92 Å². The molecule has 0 saturated carbocycles. The Morgan fingerprint density at radius 1 is 1.36 bits per heavy atom. The average molecular weight is 521 g/mol. The molecule has 1 aromatic carbocycles. The van der Waals surface area contributed by atoms with Gasteiger partial charge in [-0.2, -0.15) is 4.98 Å². The van der Waals surface area contributed by atoms with Gasteiger partial charge in [0.15, 0.2) is 12.4 Å². The minimum atomic E-state index is -3.12. The quantitative estimate of drug-likeness (QED) is 0.478. The number of aromatic nitrogens is 3. The summed E-state index contributed by atoms with van der Waals surface area (Å²) in [5, 5.41) is 16.5. The number of anilines is 4. The normalized spacial score (nSPS) is 21.3. The maximum absolute atomic E-state index is 14.0. The van der Waals surface area contributed by atoms with Crippen molar-refractivity contribution in [3.63, 3.8) is 0 Å². The van der Waals surface area contributed by atoms with Crippen molar-refractivity contribution in [2.75, 3.05) is 41.8 Å². The van der Waals surface area contributed by atoms with Gasteiger partial charge in [0.1, 0.15) is 5.02 Å². The minimum absolute atomic E-state index is 0.00406. The van der Waals surface area contributed by atoms with E-state index in [0.717, 1.165) is 19.4 Å². The van der Waals surface area contributed by atoms with Gasteiger partial charge in [0.2, 0.25) is 11.7 Å². The van der Waals surface area contributed by atoms with Crippen molar-refractivity contribution in [1.29, 1.82) is 0 Å². The number of nitrogens with zero attached hydrogens (tertiary/aromatic N) is 4. The van der Waals surface area contributed by atoms with Crippen LogP contribution in [0.15, 0.2) is 29.2 Å². The maximum Gasteiger partial charge on any atom is 0.298 e. The number of piperidine rings is 1. The molecule has 12 heteroatoms. The highest BCUT2D eigenvalue weighted by Crippen LogP contribution is 2.36. The maximum atomic E-state index is 14.0. The molecule has 2 aliphatic rings. The molecule has 36 heavy (non-hydrogen) atoms. The van der Waals surface area contributed by atoms with Crippen molar-refractivity contribution in [2.24, 2.45) is 13.0 Å². The molecular weight excluding hydrogens is 494 g/mol. The van der Waals surface area contributed by atoms with E-state index in [-0.39, 0.29) is 24.1 Å². The summed E-state index contributed by atoms with van der Waals surface area (Å²) < 4.78 is 34.6. The summed E-state index contributed by atoms with van der Waals surface area (Å²) in [6.07, 6.45) is 3.37. The topological polar surface area (TPSA) is 105 Å². The fraction of sp³-hybridized carbons (Fsp3) is 0.458. The van der Waals surface area contributed by atoms with Crippen LogP contribution in [-0.4, -0.2) is 57.9 Å². The molecule has 0 radical (unpaired) electrons. The summed E-state index contributed by atoms with van der Waals surface area (Å²) in [6, 6.07) is 5.12. The Morgan fingerprint density at radius 3 is 2.94 bits per heavy atom. The molecule has 3 aromatic rings. The van der Waals surface area contributed by atoms with Gasteiger partial charge in [0.05, 0.1) is 36.6 Å². The summed E-state index contributed by atoms with van der Waals surface area (Å²) in [5.74, 6) is -2.00. The Hall–Kier alpha value is -3.18. The third kappa shape index (κ3) is 4.53. The number of nitrogens with one attached hydrogen (secondary N) is 2. The number of fused-ring (bicyclic) bond motifs is 3. The first-order chi connectivity index (χ1) is 17.2. The number of aryl methyl sites for hydroxylation is 1. The molecule has 2 unspecified atom stereocenters. The van der Waals surface area contributed by atoms with Crippen LogP contribution >= 0.6 is 11.6 Å². The van der Waals surface area contributed by atoms with Gasteiger partial charge in [0, 0.05) is 24.7 Å². The number of benzene rings is 1. The molecule has 0 bridgehead atoms. The monoisotopic (exact) mass is 520 g/mol. The average Bonchev–Trinajstić information content (AvgIpc) is 3.02. The standard InChI is InChI=1S/C24H27ClF2N6O3/c1-13-3-5-15(10-34)33(9-13)23-28-8-17(25)21(31-23)30-14-4-6-18-16(7-14)19-20(22(35)32(18)2)36-12-24(26,27)11-29-19/h4,6-8,13,15,29,34H,3,5,9-12H2,1-2H3,(H,28,30,31). The number of hydrogen-bond acceptors (Lipinski definition) is 8. The van der Waals surface area contributed by atoms with E-state index in [4.69, 9.17) is 16.3 Å². The number of ether oxygens (including phenoxy) is 1. The lowest BCUT2D eigenvalue weighted by Crippen LogP contribution is -2.45. The van der Waals surface area contributed by atoms with E-state index in [9.17, 15) is 18.7 Å². The smallest absolute Gasteiger partial charge is 0.298 e. The zero-order valence-electron chi connectivity index (χ0n) is 19.9. The first-order valence-electron chi connectivity index (χ1n) is 11.7. The fourth-order valence-corrected chi connectivity index (χ4v) is 4.86. The van der Waals surface area contributed by atoms with Crippen LogP contribution in [0.5, 0.6) is 5.75 Å². The third-order valence-electron chi connectivity index (χ3n) is 6.71. The van der Waals surface area contributed by atoms with Crippen LogP contribution in [0.2, 0.25) is 5.02 Å². The molecule has 2 aliphatic heterocycles. The van der Waals surface area contributed by atoms with Crippen molar-refractivity contribution in [3.05, 3.63) is 39.8 Å². The van der Waals surface area contributed by atoms with E-state index in [2.05, 4.69) is 27.5 Å². The van der Waals surface area contributed by atoms with Gasteiger partial charge < -0.3 is 29.9 Å². The first-order valence-corrected chi connectivity index (χ1v) is 12.1. The van der Waals surface area contributed by atoms with Crippen molar-refractivity contribution >= 4 is 45.6 Å². The second-order valence-corrected chi connectivity index (χ2v) is 9.87. The number of alkyl halides is 2. The molecule has 4 heterocycles. The van der Waals surface area contributed by atoms with E-state index < -0.39 is 24.6 Å². The second kappa shape index (κ2) is 9.36. The van der Waals surface area contributed by atoms with E-state index in [1.807, 2.05) is 4.90 Å². The van der Waals surface area contributed by atoms with Gasteiger partial charge in [0.25, 0.3) is 11.5 Å². The Labute approximate surface area is 211 Å². The molecule has 0 amide bonds. The SMILES string of the molecule is CC1CCC(CO)N(c2ncc(Cl)c(Nc3ccc4c(c3)c3c(c(=O)n4C)OCC(F)(F)CN3)n2)C1. The number of halogens is 3. The number of aliphatic hydroxyl groups is 1. The number of hydrogen-bond donors (Lipinski definition) is 3. The highest BCUT2D eigenvalue weighted by atomic mass is 35.5. The molecule has 1 saturated heterocycles. The third-order valence-corrected chi connectivity index (χ3v) is 6.98. The summed E-state index contributed by atoms with van der Waals surface area (Å²) in [6.45, 7) is 1.34. The Kier molecular flexibility index (Phi) is 6.37. The highest BCUT2D eigenvalue weighted by molar-refractivity contribution is 6.32. The van der Waals surface area contributed by atoms with Crippen LogP contribution in [0.3, 0.4) is 0 Å². The van der Waals surface area contributed by atoms with Gasteiger partial charge in [-0.15, -0.1) is 0 Å². The molecule has 2 aromatic heterocycles.